The van der Waals surface area contributed by atoms with Gasteiger partial charge in [0.15, 0.2) is 0 Å². The van der Waals surface area contributed by atoms with Crippen LogP contribution in [0.5, 0.6) is 0 Å². The quantitative estimate of drug-likeness (QED) is 0.715. The number of aromatic nitrogens is 1. The van der Waals surface area contributed by atoms with Gasteiger partial charge in [-0.05, 0) is 0 Å². The number of H-pyrrole nitrogens is 1. The molecule has 1 heterocycles. The third-order valence-electron chi connectivity index (χ3n) is 1.20. The topological polar surface area (TPSA) is 63.1 Å². The fourth-order valence-electron chi connectivity index (χ4n) is 0.653. The molecule has 0 aromatic carbocycles. The van der Waals surface area contributed by atoms with Crippen molar-refractivity contribution >= 4 is 10.8 Å². The van der Waals surface area contributed by atoms with Gasteiger partial charge in [-0.15, -0.1) is 0 Å². The van der Waals surface area contributed by atoms with Gasteiger partial charge in [-0.1, -0.05) is 6.92 Å². The molecule has 1 unspecified atom stereocenters. The van der Waals surface area contributed by atoms with Crippen molar-refractivity contribution in [3.8, 4) is 0 Å². The number of hydrogen-bond acceptors (Lipinski definition) is 3. The second kappa shape index (κ2) is 3.52. The van der Waals surface area contributed by atoms with Crippen LogP contribution >= 0.6 is 0 Å². The second-order valence-corrected chi connectivity index (χ2v) is 3.80. The minimum Gasteiger partial charge on any atom is -0.383 e. The smallest absolute Gasteiger partial charge is 0.280 e. The van der Waals surface area contributed by atoms with Gasteiger partial charge in [0, 0.05) is 22.6 Å². The molecular weight excluding hydrogens is 166 g/mol. The van der Waals surface area contributed by atoms with E-state index >= 15 is 0 Å². The van der Waals surface area contributed by atoms with E-state index in [0.717, 1.165) is 0 Å². The normalized spacial score (nSPS) is 13.2. The Labute approximate surface area is 66.0 Å². The minimum atomic E-state index is -0.917. The van der Waals surface area contributed by atoms with Crippen molar-refractivity contribution in [2.45, 2.75) is 12.7 Å². The zero-order valence-corrected chi connectivity index (χ0v) is 6.94. The first kappa shape index (κ1) is 8.26. The summed E-state index contributed by atoms with van der Waals surface area (Å²) < 4.78 is 15.6. The Balaban J connectivity index is 2.65. The number of aromatic amines is 1. The summed E-state index contributed by atoms with van der Waals surface area (Å²) in [5.74, 6) is 1.35. The summed E-state index contributed by atoms with van der Waals surface area (Å²) in [6.45, 7) is 1.82. The van der Waals surface area contributed by atoms with Crippen LogP contribution < -0.4 is 5.56 Å². The van der Waals surface area contributed by atoms with Crippen LogP contribution in [0.25, 0.3) is 0 Å². The summed E-state index contributed by atoms with van der Waals surface area (Å²) in [5.41, 5.74) is -0.284. The Morgan fingerprint density at radius 2 is 2.45 bits per heavy atom. The Hall–Kier alpha value is -0.840. The molecule has 0 aliphatic rings. The van der Waals surface area contributed by atoms with Crippen molar-refractivity contribution in [3.63, 3.8) is 0 Å². The van der Waals surface area contributed by atoms with Gasteiger partial charge < -0.3 is 4.52 Å². The summed E-state index contributed by atoms with van der Waals surface area (Å²) in [6, 6.07) is 1.31. The molecule has 0 saturated heterocycles. The van der Waals surface area contributed by atoms with Crippen LogP contribution in [-0.4, -0.2) is 15.1 Å². The van der Waals surface area contributed by atoms with Crippen LogP contribution in [0.1, 0.15) is 12.7 Å². The third-order valence-corrected chi connectivity index (χ3v) is 2.45. The predicted octanol–water partition coefficient (Wildman–Crippen LogP) is 0.236. The number of nitrogens with one attached hydrogen (secondary N) is 1. The summed E-state index contributed by atoms with van der Waals surface area (Å²) in [7, 11) is -0.917. The first-order valence-electron chi connectivity index (χ1n) is 3.24. The summed E-state index contributed by atoms with van der Waals surface area (Å²) >= 11 is 0. The molecule has 1 atom stereocenters. The Kier molecular flexibility index (Phi) is 2.64. The first-order valence-corrected chi connectivity index (χ1v) is 4.73. The second-order valence-electron chi connectivity index (χ2n) is 2.05. The van der Waals surface area contributed by atoms with Gasteiger partial charge in [0.2, 0.25) is 0 Å². The Morgan fingerprint density at radius 3 is 2.91 bits per heavy atom. The molecular formula is C6H9NO3S. The molecule has 0 aliphatic heterocycles. The van der Waals surface area contributed by atoms with Crippen molar-refractivity contribution in [1.29, 1.82) is 0 Å². The fraction of sp³-hybridized carbons (Fsp3) is 0.500. The average Bonchev–Trinajstić information content (AvgIpc) is 2.35. The summed E-state index contributed by atoms with van der Waals surface area (Å²) in [5, 5.41) is 2.13. The van der Waals surface area contributed by atoms with E-state index in [2.05, 4.69) is 5.16 Å². The monoisotopic (exact) mass is 175 g/mol. The molecule has 0 amide bonds. The number of rotatable bonds is 3. The van der Waals surface area contributed by atoms with E-state index in [1.807, 2.05) is 6.92 Å². The Morgan fingerprint density at radius 1 is 1.73 bits per heavy atom. The van der Waals surface area contributed by atoms with Gasteiger partial charge in [-0.25, -0.2) is 0 Å². The van der Waals surface area contributed by atoms with E-state index in [-0.39, 0.29) is 5.56 Å². The lowest BCUT2D eigenvalue weighted by molar-refractivity contribution is 0.389. The molecule has 1 aromatic heterocycles. The highest BCUT2D eigenvalue weighted by atomic mass is 32.2. The standard InChI is InChI=1S/C6H9NO3S/c1-2-11(9)4-5-3-6(8)7-10-5/h3H,2,4H2,1H3,(H,7,8). The van der Waals surface area contributed by atoms with Crippen LogP contribution in [0.15, 0.2) is 15.4 Å². The zero-order valence-electron chi connectivity index (χ0n) is 6.12. The lowest BCUT2D eigenvalue weighted by atomic mass is 10.5. The van der Waals surface area contributed by atoms with Crippen LogP contribution in [-0.2, 0) is 16.6 Å². The molecule has 0 spiro atoms. The first-order chi connectivity index (χ1) is 5.22. The van der Waals surface area contributed by atoms with Crippen LogP contribution in [0.3, 0.4) is 0 Å². The summed E-state index contributed by atoms with van der Waals surface area (Å²) in [6.07, 6.45) is 0. The van der Waals surface area contributed by atoms with Gasteiger partial charge in [0.1, 0.15) is 5.76 Å². The lowest BCUT2D eigenvalue weighted by Crippen LogP contribution is -1.97. The van der Waals surface area contributed by atoms with E-state index in [1.165, 1.54) is 6.07 Å². The molecule has 0 saturated carbocycles. The van der Waals surface area contributed by atoms with Crippen molar-refractivity contribution < 1.29 is 8.73 Å². The highest BCUT2D eigenvalue weighted by molar-refractivity contribution is 7.84. The van der Waals surface area contributed by atoms with Crippen molar-refractivity contribution in [3.05, 3.63) is 22.2 Å². The number of hydrogen-bond donors (Lipinski definition) is 1. The molecule has 5 heteroatoms. The zero-order chi connectivity index (χ0) is 8.27. The molecule has 0 fully saturated rings. The molecule has 0 aliphatic carbocycles. The minimum absolute atomic E-state index is 0.284. The maximum Gasteiger partial charge on any atom is 0.280 e. The Bertz CT molecular complexity index is 301. The largest absolute Gasteiger partial charge is 0.383 e. The highest BCUT2D eigenvalue weighted by Gasteiger charge is 2.03. The third kappa shape index (κ3) is 2.34. The molecule has 0 radical (unpaired) electrons. The van der Waals surface area contributed by atoms with Gasteiger partial charge in [0.05, 0.1) is 5.75 Å². The van der Waals surface area contributed by atoms with E-state index in [1.54, 1.807) is 0 Å². The molecule has 4 nitrogen and oxygen atoms in total. The fourth-order valence-corrected chi connectivity index (χ4v) is 1.32. The van der Waals surface area contributed by atoms with Crippen LogP contribution in [0, 0.1) is 0 Å². The maximum atomic E-state index is 10.9. The van der Waals surface area contributed by atoms with E-state index in [9.17, 15) is 9.00 Å². The summed E-state index contributed by atoms with van der Waals surface area (Å²) in [4.78, 5) is 10.5. The lowest BCUT2D eigenvalue weighted by Gasteiger charge is -1.90. The van der Waals surface area contributed by atoms with Gasteiger partial charge in [-0.2, -0.15) is 5.16 Å². The van der Waals surface area contributed by atoms with E-state index in [4.69, 9.17) is 4.52 Å². The van der Waals surface area contributed by atoms with Crippen molar-refractivity contribution in [1.82, 2.24) is 5.16 Å². The molecule has 0 bridgehead atoms. The van der Waals surface area contributed by atoms with Gasteiger partial charge in [-0.3, -0.25) is 9.00 Å². The highest BCUT2D eigenvalue weighted by Crippen LogP contribution is 1.97. The maximum absolute atomic E-state index is 10.9. The van der Waals surface area contributed by atoms with Crippen LogP contribution in [0.2, 0.25) is 0 Å². The van der Waals surface area contributed by atoms with Gasteiger partial charge in [0.25, 0.3) is 5.56 Å². The molecule has 62 valence electrons. The van der Waals surface area contributed by atoms with Crippen molar-refractivity contribution in [2.24, 2.45) is 0 Å². The van der Waals surface area contributed by atoms with Gasteiger partial charge >= 0.3 is 0 Å². The molecule has 11 heavy (non-hydrogen) atoms. The molecule has 1 rings (SSSR count). The average molecular weight is 175 g/mol. The van der Waals surface area contributed by atoms with E-state index in [0.29, 0.717) is 17.3 Å². The van der Waals surface area contributed by atoms with Crippen LogP contribution in [0.4, 0.5) is 0 Å². The predicted molar refractivity (Wildman–Crippen MR) is 41.7 cm³/mol. The molecule has 1 aromatic rings. The van der Waals surface area contributed by atoms with E-state index < -0.39 is 10.8 Å². The SMILES string of the molecule is CCS(=O)Cc1cc(=O)[nH]o1. The van der Waals surface area contributed by atoms with Crippen molar-refractivity contribution in [2.75, 3.05) is 5.75 Å². The molecule has 1 N–H and O–H groups in total.